The fourth-order valence-electron chi connectivity index (χ4n) is 5.82. The van der Waals surface area contributed by atoms with E-state index in [0.29, 0.717) is 43.9 Å². The van der Waals surface area contributed by atoms with Crippen LogP contribution in [0.25, 0.3) is 0 Å². The number of unbranched alkanes of at least 4 members (excludes halogenated alkanes) is 22. The average molecular weight is 708 g/mol. The summed E-state index contributed by atoms with van der Waals surface area (Å²) in [6.07, 6.45) is 32.3. The van der Waals surface area contributed by atoms with Crippen LogP contribution in [0.5, 0.6) is 0 Å². The number of carbonyl (C=O) groups is 1. The summed E-state index contributed by atoms with van der Waals surface area (Å²) in [5.41, 5.74) is 0. The highest BCUT2D eigenvalue weighted by molar-refractivity contribution is 5.77. The van der Waals surface area contributed by atoms with Gasteiger partial charge in [0.25, 0.3) is 5.91 Å². The number of aliphatic hydroxyl groups is 1. The number of ether oxygens (including phenoxy) is 2. The van der Waals surface area contributed by atoms with Crippen LogP contribution in [-0.2, 0) is 14.3 Å². The molecule has 1 amide bonds. The molecule has 0 atom stereocenters. The van der Waals surface area contributed by atoms with Gasteiger partial charge in [0.05, 0.1) is 33.9 Å². The summed E-state index contributed by atoms with van der Waals surface area (Å²) in [6, 6.07) is 0. The molecule has 0 aliphatic carbocycles. The van der Waals surface area contributed by atoms with Crippen molar-refractivity contribution in [2.45, 2.75) is 168 Å². The molecule has 272 valence electrons. The molecule has 1 N–H and O–H groups in total. The van der Waals surface area contributed by atoms with Gasteiger partial charge in [-0.1, -0.05) is 155 Å². The molecule has 0 heterocycles. The highest BCUT2D eigenvalue weighted by atomic mass is 79.9. The molecule has 0 rings (SSSR count). The van der Waals surface area contributed by atoms with E-state index in [4.69, 9.17) is 9.47 Å². The third kappa shape index (κ3) is 34.9. The lowest BCUT2D eigenvalue weighted by molar-refractivity contribution is -0.883. The van der Waals surface area contributed by atoms with Crippen molar-refractivity contribution < 1.29 is 40.8 Å². The SMILES string of the molecule is CCCCCCCCCCCCCCOCCN(CCOCCCCCCCCCCCCCC)C(=O)C[N+](C)(C)CCO.[Br-]. The first-order valence-electron chi connectivity index (χ1n) is 19.3. The van der Waals surface area contributed by atoms with E-state index in [1.165, 1.54) is 141 Å². The Morgan fingerprint density at radius 3 is 1.16 bits per heavy atom. The third-order valence-electron chi connectivity index (χ3n) is 8.92. The number of hydrogen-bond donors (Lipinski definition) is 1. The van der Waals surface area contributed by atoms with E-state index in [0.717, 1.165) is 26.1 Å². The maximum atomic E-state index is 13.1. The number of carbonyl (C=O) groups excluding carboxylic acids is 1. The smallest absolute Gasteiger partial charge is 0.277 e. The van der Waals surface area contributed by atoms with Gasteiger partial charge in [0, 0.05) is 26.3 Å². The average Bonchev–Trinajstić information content (AvgIpc) is 2.99. The van der Waals surface area contributed by atoms with Crippen molar-refractivity contribution in [3.8, 4) is 0 Å². The van der Waals surface area contributed by atoms with Gasteiger partial charge in [-0.2, -0.15) is 0 Å². The van der Waals surface area contributed by atoms with Crippen LogP contribution >= 0.6 is 0 Å². The van der Waals surface area contributed by atoms with Crippen molar-refractivity contribution in [3.05, 3.63) is 0 Å². The second kappa shape index (κ2) is 36.6. The number of nitrogens with zero attached hydrogens (tertiary/aromatic N) is 2. The molecule has 7 heteroatoms. The zero-order chi connectivity index (χ0) is 32.4. The zero-order valence-corrected chi connectivity index (χ0v) is 32.4. The highest BCUT2D eigenvalue weighted by Gasteiger charge is 2.23. The largest absolute Gasteiger partial charge is 1.00 e. The third-order valence-corrected chi connectivity index (χ3v) is 8.92. The first-order valence-corrected chi connectivity index (χ1v) is 19.3. The summed E-state index contributed by atoms with van der Waals surface area (Å²) in [4.78, 5) is 15.0. The van der Waals surface area contributed by atoms with E-state index >= 15 is 0 Å². The van der Waals surface area contributed by atoms with Gasteiger partial charge in [0.15, 0.2) is 6.54 Å². The fraction of sp³-hybridized carbons (Fsp3) is 0.974. The molecule has 45 heavy (non-hydrogen) atoms. The van der Waals surface area contributed by atoms with E-state index in [1.807, 2.05) is 19.0 Å². The molecule has 0 aliphatic rings. The quantitative estimate of drug-likeness (QED) is 0.0612. The molecular formula is C38H79BrN2O4. The van der Waals surface area contributed by atoms with Crippen LogP contribution in [0.3, 0.4) is 0 Å². The van der Waals surface area contributed by atoms with E-state index in [2.05, 4.69) is 13.8 Å². The molecule has 0 aromatic heterocycles. The van der Waals surface area contributed by atoms with Crippen LogP contribution in [-0.4, -0.2) is 93.7 Å². The molecule has 0 unspecified atom stereocenters. The van der Waals surface area contributed by atoms with Crippen molar-refractivity contribution in [2.24, 2.45) is 0 Å². The van der Waals surface area contributed by atoms with Gasteiger partial charge in [-0.05, 0) is 12.8 Å². The summed E-state index contributed by atoms with van der Waals surface area (Å²) in [7, 11) is 4.00. The summed E-state index contributed by atoms with van der Waals surface area (Å²) in [5.74, 6) is 0.117. The monoisotopic (exact) mass is 707 g/mol. The molecular weight excluding hydrogens is 628 g/mol. The van der Waals surface area contributed by atoms with Gasteiger partial charge in [0.2, 0.25) is 0 Å². The molecule has 6 nitrogen and oxygen atoms in total. The van der Waals surface area contributed by atoms with E-state index < -0.39 is 0 Å². The molecule has 0 radical (unpaired) electrons. The maximum absolute atomic E-state index is 13.1. The van der Waals surface area contributed by atoms with E-state index in [9.17, 15) is 9.90 Å². The molecule has 0 spiro atoms. The van der Waals surface area contributed by atoms with Crippen molar-refractivity contribution in [3.63, 3.8) is 0 Å². The molecule has 0 aromatic rings. The van der Waals surface area contributed by atoms with Crippen LogP contribution in [0, 0.1) is 0 Å². The first kappa shape index (κ1) is 46.9. The number of likely N-dealkylation sites (N-methyl/N-ethyl adjacent to an activating group) is 1. The summed E-state index contributed by atoms with van der Waals surface area (Å²) in [6.45, 7) is 9.54. The standard InChI is InChI=1S/C38H79N2O4.BrH/c1-5-7-9-11-13-15-17-19-21-23-25-27-33-43-35-29-39(38(42)37-40(3,4)31-32-41)30-36-44-34-28-26-24-22-20-18-16-14-12-10-8-6-2;/h41H,5-37H2,1-4H3;1H/q+1;/p-1. The normalized spacial score (nSPS) is 11.6. The Morgan fingerprint density at radius 1 is 0.533 bits per heavy atom. The van der Waals surface area contributed by atoms with Crippen LogP contribution in [0.4, 0.5) is 0 Å². The minimum absolute atomic E-state index is 0. The fourth-order valence-corrected chi connectivity index (χ4v) is 5.82. The van der Waals surface area contributed by atoms with Crippen molar-refractivity contribution in [1.82, 2.24) is 4.90 Å². The van der Waals surface area contributed by atoms with E-state index in [-0.39, 0.29) is 29.5 Å². The second-order valence-corrected chi connectivity index (χ2v) is 13.9. The van der Waals surface area contributed by atoms with Gasteiger partial charge >= 0.3 is 0 Å². The Hall–Kier alpha value is -0.210. The number of aliphatic hydroxyl groups excluding tert-OH is 1. The Balaban J connectivity index is 0. The van der Waals surface area contributed by atoms with Crippen LogP contribution < -0.4 is 17.0 Å². The lowest BCUT2D eigenvalue weighted by atomic mass is 10.1. The highest BCUT2D eigenvalue weighted by Crippen LogP contribution is 2.13. The van der Waals surface area contributed by atoms with Crippen LogP contribution in [0.2, 0.25) is 0 Å². The number of halogens is 1. The number of hydrogen-bond acceptors (Lipinski definition) is 4. The summed E-state index contributed by atoms with van der Waals surface area (Å²) >= 11 is 0. The molecule has 0 aromatic carbocycles. The minimum atomic E-state index is 0. The Bertz CT molecular complexity index is 560. The number of quaternary nitrogens is 1. The van der Waals surface area contributed by atoms with Crippen LogP contribution in [0.15, 0.2) is 0 Å². The molecule has 0 bridgehead atoms. The van der Waals surface area contributed by atoms with Gasteiger partial charge in [0.1, 0.15) is 6.54 Å². The number of amides is 1. The van der Waals surface area contributed by atoms with Crippen LogP contribution in [0.1, 0.15) is 168 Å². The van der Waals surface area contributed by atoms with Gasteiger partial charge in [-0.25, -0.2) is 0 Å². The lowest BCUT2D eigenvalue weighted by Gasteiger charge is -2.31. The van der Waals surface area contributed by atoms with Crippen molar-refractivity contribution >= 4 is 5.91 Å². The Kier molecular flexibility index (Phi) is 38.2. The topological polar surface area (TPSA) is 59.0 Å². The van der Waals surface area contributed by atoms with Gasteiger partial charge < -0.3 is 40.9 Å². The minimum Gasteiger partial charge on any atom is -1.00 e. The lowest BCUT2D eigenvalue weighted by Crippen LogP contribution is -3.00. The molecule has 0 aliphatic heterocycles. The van der Waals surface area contributed by atoms with Crippen molar-refractivity contribution in [1.29, 1.82) is 0 Å². The van der Waals surface area contributed by atoms with Crippen molar-refractivity contribution in [2.75, 3.05) is 73.3 Å². The predicted octanol–water partition coefficient (Wildman–Crippen LogP) is 6.32. The van der Waals surface area contributed by atoms with Gasteiger partial charge in [-0.15, -0.1) is 0 Å². The second-order valence-electron chi connectivity index (χ2n) is 13.9. The Morgan fingerprint density at radius 2 is 0.844 bits per heavy atom. The first-order chi connectivity index (χ1) is 21.5. The summed E-state index contributed by atoms with van der Waals surface area (Å²) < 4.78 is 12.4. The predicted molar refractivity (Wildman–Crippen MR) is 189 cm³/mol. The molecule has 0 saturated heterocycles. The summed E-state index contributed by atoms with van der Waals surface area (Å²) in [5, 5.41) is 9.38. The van der Waals surface area contributed by atoms with Gasteiger partial charge in [-0.3, -0.25) is 4.79 Å². The Labute approximate surface area is 292 Å². The van der Waals surface area contributed by atoms with E-state index in [1.54, 1.807) is 0 Å². The zero-order valence-electron chi connectivity index (χ0n) is 30.8. The maximum Gasteiger partial charge on any atom is 0.277 e. The number of rotatable bonds is 36. The molecule has 0 saturated carbocycles. The molecule has 0 fully saturated rings.